The molecule has 1 fully saturated rings. The Bertz CT molecular complexity index is 529. The van der Waals surface area contributed by atoms with Crippen molar-refractivity contribution in [2.75, 3.05) is 13.1 Å². The smallest absolute Gasteiger partial charge is 0.242 e. The van der Waals surface area contributed by atoms with Gasteiger partial charge in [-0.2, -0.15) is 4.31 Å². The van der Waals surface area contributed by atoms with Crippen LogP contribution in [0.15, 0.2) is 35.3 Å². The molecule has 0 aromatic rings. The minimum Gasteiger partial charge on any atom is -0.392 e. The summed E-state index contributed by atoms with van der Waals surface area (Å²) in [4.78, 5) is 0.316. The summed E-state index contributed by atoms with van der Waals surface area (Å²) in [5, 5.41) is 9.64. The van der Waals surface area contributed by atoms with E-state index in [4.69, 9.17) is 0 Å². The highest BCUT2D eigenvalue weighted by Crippen LogP contribution is 2.29. The first-order valence-electron chi connectivity index (χ1n) is 6.58. The third kappa shape index (κ3) is 3.35. The van der Waals surface area contributed by atoms with E-state index in [0.29, 0.717) is 24.3 Å². The lowest BCUT2D eigenvalue weighted by molar-refractivity contribution is 0.108. The normalized spacial score (nSPS) is 27.9. The summed E-state index contributed by atoms with van der Waals surface area (Å²) in [6.07, 6.45) is 9.81. The molecule has 19 heavy (non-hydrogen) atoms. The molecule has 1 aliphatic carbocycles. The number of hydrogen-bond donors (Lipinski definition) is 1. The molecule has 0 aromatic carbocycles. The van der Waals surface area contributed by atoms with Crippen molar-refractivity contribution >= 4 is 10.0 Å². The number of sulfonamides is 1. The van der Waals surface area contributed by atoms with Crippen molar-refractivity contribution in [3.63, 3.8) is 0 Å². The first-order valence-corrected chi connectivity index (χ1v) is 8.02. The van der Waals surface area contributed by atoms with Crippen LogP contribution in [0.1, 0.15) is 26.7 Å². The zero-order valence-electron chi connectivity index (χ0n) is 11.4. The van der Waals surface area contributed by atoms with E-state index in [1.807, 2.05) is 26.0 Å². The largest absolute Gasteiger partial charge is 0.392 e. The molecular formula is C14H21NO3S. The fraction of sp³-hybridized carbons (Fsp3) is 0.571. The third-order valence-corrected chi connectivity index (χ3v) is 5.27. The van der Waals surface area contributed by atoms with Crippen LogP contribution >= 0.6 is 0 Å². The molecule has 0 bridgehead atoms. The Hall–Kier alpha value is -0.910. The first-order chi connectivity index (χ1) is 8.81. The minimum absolute atomic E-state index is 0.196. The number of aliphatic hydroxyl groups excluding tert-OH is 1. The first kappa shape index (κ1) is 14.5. The monoisotopic (exact) mass is 283 g/mol. The number of nitrogens with zero attached hydrogens (tertiary/aromatic N) is 1. The van der Waals surface area contributed by atoms with E-state index in [0.717, 1.165) is 0 Å². The Morgan fingerprint density at radius 3 is 2.79 bits per heavy atom. The Morgan fingerprint density at radius 2 is 2.11 bits per heavy atom. The zero-order chi connectivity index (χ0) is 14.1. The van der Waals surface area contributed by atoms with Gasteiger partial charge >= 0.3 is 0 Å². The predicted octanol–water partition coefficient (Wildman–Crippen LogP) is 1.81. The van der Waals surface area contributed by atoms with E-state index in [9.17, 15) is 13.5 Å². The molecule has 5 heteroatoms. The molecule has 2 aliphatic rings. The Kier molecular flexibility index (Phi) is 3.99. The third-order valence-electron chi connectivity index (χ3n) is 3.41. The number of hydrogen-bond acceptors (Lipinski definition) is 3. The molecule has 0 spiro atoms. The van der Waals surface area contributed by atoms with Crippen LogP contribution in [0.5, 0.6) is 0 Å². The summed E-state index contributed by atoms with van der Waals surface area (Å²) in [5.41, 5.74) is -0.291. The minimum atomic E-state index is -3.50. The molecule has 106 valence electrons. The lowest BCUT2D eigenvalue weighted by atomic mass is 9.93. The average Bonchev–Trinajstić information content (AvgIpc) is 2.50. The summed E-state index contributed by atoms with van der Waals surface area (Å²) in [7, 11) is -3.50. The molecule has 1 heterocycles. The van der Waals surface area contributed by atoms with Crippen LogP contribution in [0.4, 0.5) is 0 Å². The molecule has 1 unspecified atom stereocenters. The lowest BCUT2D eigenvalue weighted by Gasteiger charge is -2.30. The molecule has 2 rings (SSSR count). The lowest BCUT2D eigenvalue weighted by Crippen LogP contribution is -2.42. The van der Waals surface area contributed by atoms with E-state index < -0.39 is 16.1 Å². The highest BCUT2D eigenvalue weighted by Gasteiger charge is 2.31. The van der Waals surface area contributed by atoms with Gasteiger partial charge in [0.05, 0.1) is 11.0 Å². The van der Waals surface area contributed by atoms with Crippen molar-refractivity contribution in [2.45, 2.75) is 32.8 Å². The SMILES string of the molecule is CC1(C)C=CC=CC(S(=O)(=O)N2CCCC(O)C2)=C1. The maximum absolute atomic E-state index is 12.6. The molecule has 4 nitrogen and oxygen atoms in total. The topological polar surface area (TPSA) is 57.6 Å². The van der Waals surface area contributed by atoms with Crippen molar-refractivity contribution < 1.29 is 13.5 Å². The standard InChI is InChI=1S/C14H21NO3S/c1-14(2)8-4-3-7-13(10-14)19(17,18)15-9-5-6-12(16)11-15/h3-4,7-8,10,12,16H,5-6,9,11H2,1-2H3. The molecule has 1 atom stereocenters. The van der Waals surface area contributed by atoms with Gasteiger partial charge in [-0.1, -0.05) is 38.2 Å². The Labute approximate surface area is 115 Å². The van der Waals surface area contributed by atoms with Crippen LogP contribution in [-0.2, 0) is 10.0 Å². The van der Waals surface area contributed by atoms with Gasteiger partial charge in [0.25, 0.3) is 0 Å². The number of rotatable bonds is 2. The second-order valence-corrected chi connectivity index (χ2v) is 7.68. The van der Waals surface area contributed by atoms with Gasteiger partial charge in [0, 0.05) is 18.5 Å². The highest BCUT2D eigenvalue weighted by molar-refractivity contribution is 7.93. The van der Waals surface area contributed by atoms with Crippen molar-refractivity contribution in [3.05, 3.63) is 35.3 Å². The molecule has 0 aromatic heterocycles. The van der Waals surface area contributed by atoms with Crippen LogP contribution in [0.3, 0.4) is 0 Å². The van der Waals surface area contributed by atoms with Crippen LogP contribution in [0.2, 0.25) is 0 Å². The highest BCUT2D eigenvalue weighted by atomic mass is 32.2. The van der Waals surface area contributed by atoms with Crippen molar-refractivity contribution in [3.8, 4) is 0 Å². The second kappa shape index (κ2) is 5.23. The Balaban J connectivity index is 2.31. The molecule has 0 amide bonds. The molecule has 1 aliphatic heterocycles. The predicted molar refractivity (Wildman–Crippen MR) is 75.9 cm³/mol. The van der Waals surface area contributed by atoms with Crippen molar-refractivity contribution in [1.29, 1.82) is 0 Å². The van der Waals surface area contributed by atoms with Crippen molar-refractivity contribution in [2.24, 2.45) is 5.41 Å². The summed E-state index contributed by atoms with van der Waals surface area (Å²) < 4.78 is 26.6. The summed E-state index contributed by atoms with van der Waals surface area (Å²) >= 11 is 0. The number of β-amino-alcohol motifs (C(OH)–C–C–N with tert-alkyl or cyclic N) is 1. The summed E-state index contributed by atoms with van der Waals surface area (Å²) in [6, 6.07) is 0. The van der Waals surface area contributed by atoms with Crippen LogP contribution < -0.4 is 0 Å². The van der Waals surface area contributed by atoms with Crippen LogP contribution in [-0.4, -0.2) is 37.0 Å². The van der Waals surface area contributed by atoms with Crippen LogP contribution in [0.25, 0.3) is 0 Å². The van der Waals surface area contributed by atoms with Gasteiger partial charge < -0.3 is 5.11 Å². The number of allylic oxidation sites excluding steroid dienone is 5. The molecular weight excluding hydrogens is 262 g/mol. The second-order valence-electron chi connectivity index (χ2n) is 5.75. The van der Waals surface area contributed by atoms with Gasteiger partial charge in [-0.05, 0) is 18.9 Å². The van der Waals surface area contributed by atoms with E-state index in [1.54, 1.807) is 18.2 Å². The van der Waals surface area contributed by atoms with Gasteiger partial charge in [0.15, 0.2) is 0 Å². The maximum Gasteiger partial charge on any atom is 0.242 e. The maximum atomic E-state index is 12.6. The van der Waals surface area contributed by atoms with Gasteiger partial charge in [-0.25, -0.2) is 8.42 Å². The van der Waals surface area contributed by atoms with Gasteiger partial charge in [-0.15, -0.1) is 0 Å². The Morgan fingerprint density at radius 1 is 1.37 bits per heavy atom. The summed E-state index contributed by atoms with van der Waals surface area (Å²) in [5.74, 6) is 0. The number of aliphatic hydroxyl groups is 1. The van der Waals surface area contributed by atoms with Gasteiger partial charge in [-0.3, -0.25) is 0 Å². The van der Waals surface area contributed by atoms with Crippen molar-refractivity contribution in [1.82, 2.24) is 4.31 Å². The fourth-order valence-corrected chi connectivity index (χ4v) is 4.10. The summed E-state index contributed by atoms with van der Waals surface area (Å²) in [6.45, 7) is 4.62. The van der Waals surface area contributed by atoms with E-state index in [-0.39, 0.29) is 12.0 Å². The molecule has 1 N–H and O–H groups in total. The fourth-order valence-electron chi connectivity index (χ4n) is 2.37. The number of piperidine rings is 1. The average molecular weight is 283 g/mol. The van der Waals surface area contributed by atoms with Gasteiger partial charge in [0.2, 0.25) is 10.0 Å². The molecule has 0 saturated carbocycles. The molecule has 1 saturated heterocycles. The molecule has 0 radical (unpaired) electrons. The quantitative estimate of drug-likeness (QED) is 0.841. The van der Waals surface area contributed by atoms with E-state index in [1.165, 1.54) is 4.31 Å². The van der Waals surface area contributed by atoms with Crippen LogP contribution in [0, 0.1) is 5.41 Å². The zero-order valence-corrected chi connectivity index (χ0v) is 12.2. The van der Waals surface area contributed by atoms with Gasteiger partial charge in [0.1, 0.15) is 0 Å². The van der Waals surface area contributed by atoms with E-state index >= 15 is 0 Å². The van der Waals surface area contributed by atoms with E-state index in [2.05, 4.69) is 0 Å².